The monoisotopic (exact) mass is 234 g/mol. The van der Waals surface area contributed by atoms with Gasteiger partial charge in [0.2, 0.25) is 5.91 Å². The van der Waals surface area contributed by atoms with E-state index in [1.165, 1.54) is 6.33 Å². The molecule has 1 unspecified atom stereocenters. The van der Waals surface area contributed by atoms with E-state index in [9.17, 15) is 4.79 Å². The van der Waals surface area contributed by atoms with E-state index in [-0.39, 0.29) is 5.91 Å². The van der Waals surface area contributed by atoms with Gasteiger partial charge >= 0.3 is 0 Å². The number of carbonyl (C=O) groups excluding carboxylic acids is 1. The second-order valence-corrected chi connectivity index (χ2v) is 3.63. The van der Waals surface area contributed by atoms with Crippen LogP contribution in [0.25, 0.3) is 0 Å². The van der Waals surface area contributed by atoms with Crippen molar-refractivity contribution in [1.29, 1.82) is 0 Å². The number of rotatable bonds is 3. The SMILES string of the molecule is O=C(Nc1ccccc1)C(S)c1nc[nH]n1. The molecule has 1 atom stereocenters. The largest absolute Gasteiger partial charge is 0.325 e. The van der Waals surface area contributed by atoms with Gasteiger partial charge < -0.3 is 5.32 Å². The van der Waals surface area contributed by atoms with Gasteiger partial charge in [-0.2, -0.15) is 17.7 Å². The Balaban J connectivity index is 2.04. The van der Waals surface area contributed by atoms with Crippen LogP contribution in [0.3, 0.4) is 0 Å². The maximum absolute atomic E-state index is 11.7. The van der Waals surface area contributed by atoms with Crippen LogP contribution < -0.4 is 5.32 Å². The predicted molar refractivity (Wildman–Crippen MR) is 63.2 cm³/mol. The number of hydrogen-bond donors (Lipinski definition) is 3. The minimum absolute atomic E-state index is 0.255. The van der Waals surface area contributed by atoms with Crippen molar-refractivity contribution in [3.63, 3.8) is 0 Å². The molecule has 0 saturated heterocycles. The number of hydrogen-bond acceptors (Lipinski definition) is 4. The fourth-order valence-corrected chi connectivity index (χ4v) is 1.39. The van der Waals surface area contributed by atoms with Gasteiger partial charge in [0.1, 0.15) is 11.6 Å². The van der Waals surface area contributed by atoms with Gasteiger partial charge in [-0.1, -0.05) is 18.2 Å². The number of nitrogens with zero attached hydrogens (tertiary/aromatic N) is 2. The van der Waals surface area contributed by atoms with E-state index in [4.69, 9.17) is 0 Å². The summed E-state index contributed by atoms with van der Waals surface area (Å²) in [7, 11) is 0. The summed E-state index contributed by atoms with van der Waals surface area (Å²) in [6, 6.07) is 9.17. The molecule has 2 N–H and O–H groups in total. The van der Waals surface area contributed by atoms with E-state index in [2.05, 4.69) is 33.1 Å². The van der Waals surface area contributed by atoms with Crippen molar-refractivity contribution in [3.8, 4) is 0 Å². The standard InChI is InChI=1S/C10H10N4OS/c15-10(8(16)9-11-6-12-14-9)13-7-4-2-1-3-5-7/h1-6,8,16H,(H,13,15)(H,11,12,14). The van der Waals surface area contributed by atoms with Crippen molar-refractivity contribution in [2.24, 2.45) is 0 Å². The average molecular weight is 234 g/mol. The van der Waals surface area contributed by atoms with Crippen LogP contribution in [0, 0.1) is 0 Å². The van der Waals surface area contributed by atoms with Crippen LogP contribution in [0.2, 0.25) is 0 Å². The summed E-state index contributed by atoms with van der Waals surface area (Å²) < 4.78 is 0. The molecule has 0 aliphatic heterocycles. The molecule has 1 heterocycles. The molecule has 0 aliphatic carbocycles. The molecule has 1 amide bonds. The van der Waals surface area contributed by atoms with Gasteiger partial charge in [-0.25, -0.2) is 4.98 Å². The molecule has 0 spiro atoms. The molecule has 1 aromatic heterocycles. The molecular weight excluding hydrogens is 224 g/mol. The van der Waals surface area contributed by atoms with E-state index in [1.807, 2.05) is 18.2 Å². The topological polar surface area (TPSA) is 70.7 Å². The molecular formula is C10H10N4OS. The van der Waals surface area contributed by atoms with Crippen LogP contribution in [0.1, 0.15) is 11.1 Å². The van der Waals surface area contributed by atoms with E-state index in [0.29, 0.717) is 5.82 Å². The first kappa shape index (κ1) is 10.7. The van der Waals surface area contributed by atoms with Gasteiger partial charge in [0, 0.05) is 5.69 Å². The minimum atomic E-state index is -0.675. The summed E-state index contributed by atoms with van der Waals surface area (Å²) in [5.41, 5.74) is 0.724. The molecule has 2 aromatic rings. The highest BCUT2D eigenvalue weighted by Crippen LogP contribution is 2.17. The molecule has 2 rings (SSSR count). The van der Waals surface area contributed by atoms with Gasteiger partial charge in [0.05, 0.1) is 0 Å². The molecule has 0 saturated carbocycles. The number of benzene rings is 1. The highest BCUT2D eigenvalue weighted by molar-refractivity contribution is 7.81. The normalized spacial score (nSPS) is 12.1. The van der Waals surface area contributed by atoms with Crippen LogP contribution in [-0.4, -0.2) is 21.1 Å². The maximum atomic E-state index is 11.7. The van der Waals surface area contributed by atoms with E-state index >= 15 is 0 Å². The van der Waals surface area contributed by atoms with Crippen molar-refractivity contribution in [2.45, 2.75) is 5.25 Å². The van der Waals surface area contributed by atoms with Crippen molar-refractivity contribution < 1.29 is 4.79 Å². The zero-order valence-corrected chi connectivity index (χ0v) is 9.19. The quantitative estimate of drug-likeness (QED) is 0.703. The Kier molecular flexibility index (Phi) is 3.21. The fraction of sp³-hybridized carbons (Fsp3) is 0.100. The summed E-state index contributed by atoms with van der Waals surface area (Å²) in [6.07, 6.45) is 1.41. The van der Waals surface area contributed by atoms with E-state index < -0.39 is 5.25 Å². The van der Waals surface area contributed by atoms with Crippen molar-refractivity contribution in [1.82, 2.24) is 15.2 Å². The third-order valence-electron chi connectivity index (χ3n) is 1.97. The van der Waals surface area contributed by atoms with Gasteiger partial charge in [-0.05, 0) is 12.1 Å². The van der Waals surface area contributed by atoms with Gasteiger partial charge in [-0.3, -0.25) is 9.89 Å². The summed E-state index contributed by atoms with van der Waals surface area (Å²) >= 11 is 4.15. The van der Waals surface area contributed by atoms with Gasteiger partial charge in [0.15, 0.2) is 5.82 Å². The lowest BCUT2D eigenvalue weighted by atomic mass is 10.3. The van der Waals surface area contributed by atoms with Crippen LogP contribution in [0.15, 0.2) is 36.7 Å². The minimum Gasteiger partial charge on any atom is -0.325 e. The van der Waals surface area contributed by atoms with Crippen LogP contribution >= 0.6 is 12.6 Å². The molecule has 82 valence electrons. The number of carbonyl (C=O) groups is 1. The van der Waals surface area contributed by atoms with Crippen molar-refractivity contribution >= 4 is 24.2 Å². The highest BCUT2D eigenvalue weighted by atomic mass is 32.1. The number of aromatic amines is 1. The fourth-order valence-electron chi connectivity index (χ4n) is 1.20. The lowest BCUT2D eigenvalue weighted by molar-refractivity contribution is -0.115. The molecule has 0 bridgehead atoms. The lowest BCUT2D eigenvalue weighted by Crippen LogP contribution is -2.18. The predicted octanol–water partition coefficient (Wildman–Crippen LogP) is 1.41. The number of H-pyrrole nitrogens is 1. The Morgan fingerprint density at radius 1 is 1.38 bits per heavy atom. The number of amides is 1. The molecule has 6 heteroatoms. The number of nitrogens with one attached hydrogen (secondary N) is 2. The molecule has 1 aromatic carbocycles. The summed E-state index contributed by atoms with van der Waals surface area (Å²) in [4.78, 5) is 15.6. The first-order valence-corrected chi connectivity index (χ1v) is 5.18. The summed E-state index contributed by atoms with van der Waals surface area (Å²) in [5, 5.41) is 8.39. The molecule has 0 fully saturated rings. The molecule has 5 nitrogen and oxygen atoms in total. The first-order valence-electron chi connectivity index (χ1n) is 4.67. The number of thiol groups is 1. The number of anilines is 1. The van der Waals surface area contributed by atoms with Crippen molar-refractivity contribution in [2.75, 3.05) is 5.32 Å². The third kappa shape index (κ3) is 2.40. The van der Waals surface area contributed by atoms with Gasteiger partial charge in [-0.15, -0.1) is 0 Å². The first-order chi connectivity index (χ1) is 7.77. The maximum Gasteiger partial charge on any atom is 0.245 e. The zero-order chi connectivity index (χ0) is 11.4. The van der Waals surface area contributed by atoms with E-state index in [1.54, 1.807) is 12.1 Å². The molecule has 0 aliphatic rings. The smallest absolute Gasteiger partial charge is 0.245 e. The number of aromatic nitrogens is 3. The van der Waals surface area contributed by atoms with Crippen LogP contribution in [0.5, 0.6) is 0 Å². The average Bonchev–Trinajstić information content (AvgIpc) is 2.83. The highest BCUT2D eigenvalue weighted by Gasteiger charge is 2.19. The number of para-hydroxylation sites is 1. The third-order valence-corrected chi connectivity index (χ3v) is 2.43. The van der Waals surface area contributed by atoms with Crippen LogP contribution in [-0.2, 0) is 4.79 Å². The Bertz CT molecular complexity index is 457. The van der Waals surface area contributed by atoms with E-state index in [0.717, 1.165) is 5.69 Å². The summed E-state index contributed by atoms with van der Waals surface area (Å²) in [6.45, 7) is 0. The Morgan fingerprint density at radius 3 is 2.75 bits per heavy atom. The Labute approximate surface area is 97.7 Å². The van der Waals surface area contributed by atoms with Gasteiger partial charge in [0.25, 0.3) is 0 Å². The Hall–Kier alpha value is -1.82. The Morgan fingerprint density at radius 2 is 2.12 bits per heavy atom. The zero-order valence-electron chi connectivity index (χ0n) is 8.29. The summed E-state index contributed by atoms with van der Waals surface area (Å²) in [5.74, 6) is 0.103. The lowest BCUT2D eigenvalue weighted by Gasteiger charge is -2.08. The molecule has 0 radical (unpaired) electrons. The second-order valence-electron chi connectivity index (χ2n) is 3.12. The second kappa shape index (κ2) is 4.80. The molecule has 16 heavy (non-hydrogen) atoms. The van der Waals surface area contributed by atoms with Crippen molar-refractivity contribution in [3.05, 3.63) is 42.5 Å². The van der Waals surface area contributed by atoms with Crippen LogP contribution in [0.4, 0.5) is 5.69 Å².